The van der Waals surface area contributed by atoms with Crippen LogP contribution >= 0.6 is 0 Å². The summed E-state index contributed by atoms with van der Waals surface area (Å²) in [4.78, 5) is 24.9. The summed E-state index contributed by atoms with van der Waals surface area (Å²) in [5.74, 6) is 0.184. The lowest BCUT2D eigenvalue weighted by Gasteiger charge is -2.42. The molecule has 2 saturated heterocycles. The van der Waals surface area contributed by atoms with Crippen LogP contribution in [0.25, 0.3) is 22.3 Å². The van der Waals surface area contributed by atoms with E-state index in [2.05, 4.69) is 30.0 Å². The van der Waals surface area contributed by atoms with Crippen LogP contribution in [0.1, 0.15) is 25.7 Å². The molecule has 3 fully saturated rings. The van der Waals surface area contributed by atoms with Crippen molar-refractivity contribution in [1.82, 2.24) is 25.1 Å². The molecule has 8 heteroatoms. The first-order chi connectivity index (χ1) is 13.7. The van der Waals surface area contributed by atoms with E-state index in [0.29, 0.717) is 29.2 Å². The van der Waals surface area contributed by atoms with Gasteiger partial charge in [0.1, 0.15) is 5.65 Å². The predicted molar refractivity (Wildman–Crippen MR) is 102 cm³/mol. The quantitative estimate of drug-likeness (QED) is 0.732. The zero-order valence-electron chi connectivity index (χ0n) is 15.4. The Kier molecular flexibility index (Phi) is 3.33. The number of aromatic amines is 2. The summed E-state index contributed by atoms with van der Waals surface area (Å²) in [6.45, 7) is 1.68. The molecule has 3 aliphatic rings. The number of halogens is 1. The third-order valence-corrected chi connectivity index (χ3v) is 6.40. The highest BCUT2D eigenvalue weighted by Crippen LogP contribution is 2.40. The zero-order chi connectivity index (χ0) is 18.8. The summed E-state index contributed by atoms with van der Waals surface area (Å²) < 4.78 is 13.9. The van der Waals surface area contributed by atoms with Crippen LogP contribution in [-0.2, 0) is 4.79 Å². The molecule has 28 heavy (non-hydrogen) atoms. The second-order valence-corrected chi connectivity index (χ2v) is 8.18. The van der Waals surface area contributed by atoms with Crippen molar-refractivity contribution in [2.45, 2.75) is 37.8 Å². The minimum atomic E-state index is -0.460. The molecule has 1 amide bonds. The molecule has 2 unspecified atom stereocenters. The second kappa shape index (κ2) is 5.80. The number of carbonyl (C=O) groups excluding carboxylic acids is 1. The predicted octanol–water partition coefficient (Wildman–Crippen LogP) is 2.68. The Bertz CT molecular complexity index is 1060. The number of carbonyl (C=O) groups is 1. The van der Waals surface area contributed by atoms with Crippen LogP contribution in [-0.4, -0.2) is 56.1 Å². The molecule has 5 heterocycles. The molecule has 1 aliphatic carbocycles. The van der Waals surface area contributed by atoms with Crippen molar-refractivity contribution in [2.24, 2.45) is 5.92 Å². The highest BCUT2D eigenvalue weighted by molar-refractivity contribution is 5.94. The first-order valence-corrected chi connectivity index (χ1v) is 9.93. The molecule has 0 radical (unpaired) electrons. The number of pyridine rings is 1. The van der Waals surface area contributed by atoms with E-state index in [1.165, 1.54) is 6.20 Å². The molecular formula is C20H21FN6O. The Balaban J connectivity index is 1.34. The van der Waals surface area contributed by atoms with Gasteiger partial charge >= 0.3 is 0 Å². The van der Waals surface area contributed by atoms with E-state index in [1.54, 1.807) is 6.20 Å². The summed E-state index contributed by atoms with van der Waals surface area (Å²) in [5.41, 5.74) is 2.89. The first kappa shape index (κ1) is 16.1. The van der Waals surface area contributed by atoms with Crippen LogP contribution in [0.4, 0.5) is 10.1 Å². The Hall–Kier alpha value is -2.90. The van der Waals surface area contributed by atoms with Crippen LogP contribution in [0.3, 0.4) is 0 Å². The number of amides is 1. The Morgan fingerprint density at radius 3 is 2.64 bits per heavy atom. The summed E-state index contributed by atoms with van der Waals surface area (Å²) in [6.07, 6.45) is 7.52. The highest BCUT2D eigenvalue weighted by atomic mass is 19.1. The highest BCUT2D eigenvalue weighted by Gasteiger charge is 2.46. The minimum absolute atomic E-state index is 0.277. The van der Waals surface area contributed by atoms with Crippen LogP contribution in [0, 0.1) is 11.9 Å². The summed E-state index contributed by atoms with van der Waals surface area (Å²) in [7, 11) is 0. The van der Waals surface area contributed by atoms with E-state index in [9.17, 15) is 9.18 Å². The third kappa shape index (κ3) is 2.36. The lowest BCUT2D eigenvalue weighted by molar-refractivity contribution is -0.135. The molecule has 2 N–H and O–H groups in total. The first-order valence-electron chi connectivity index (χ1n) is 9.93. The van der Waals surface area contributed by atoms with Crippen LogP contribution in [0.2, 0.25) is 0 Å². The molecule has 144 valence electrons. The Labute approximate surface area is 160 Å². The number of anilines is 1. The van der Waals surface area contributed by atoms with Crippen molar-refractivity contribution >= 4 is 22.6 Å². The summed E-state index contributed by atoms with van der Waals surface area (Å²) in [5, 5.41) is 7.07. The number of nitrogens with one attached hydrogen (secondary N) is 2. The van der Waals surface area contributed by atoms with Crippen molar-refractivity contribution in [3.8, 4) is 11.3 Å². The van der Waals surface area contributed by atoms with Gasteiger partial charge in [-0.1, -0.05) is 0 Å². The molecule has 2 aliphatic heterocycles. The van der Waals surface area contributed by atoms with E-state index >= 15 is 0 Å². The molecule has 2 bridgehead atoms. The van der Waals surface area contributed by atoms with E-state index in [1.807, 2.05) is 12.1 Å². The van der Waals surface area contributed by atoms with Crippen molar-refractivity contribution in [3.63, 3.8) is 0 Å². The maximum atomic E-state index is 13.9. The van der Waals surface area contributed by atoms with Crippen molar-refractivity contribution in [3.05, 3.63) is 30.5 Å². The van der Waals surface area contributed by atoms with E-state index in [0.717, 1.165) is 55.5 Å². The molecule has 6 rings (SSSR count). The van der Waals surface area contributed by atoms with Gasteiger partial charge in [-0.05, 0) is 37.8 Å². The fraction of sp³-hybridized carbons (Fsp3) is 0.450. The average molecular weight is 380 g/mol. The lowest BCUT2D eigenvalue weighted by Crippen LogP contribution is -2.56. The molecule has 3 aromatic heterocycles. The monoisotopic (exact) mass is 380 g/mol. The van der Waals surface area contributed by atoms with Crippen molar-refractivity contribution < 1.29 is 9.18 Å². The maximum absolute atomic E-state index is 13.9. The van der Waals surface area contributed by atoms with Gasteiger partial charge in [-0.15, -0.1) is 0 Å². The number of aromatic nitrogens is 4. The van der Waals surface area contributed by atoms with Gasteiger partial charge in [0.2, 0.25) is 11.9 Å². The number of nitrogens with zero attached hydrogens (tertiary/aromatic N) is 4. The van der Waals surface area contributed by atoms with Gasteiger partial charge < -0.3 is 14.8 Å². The fourth-order valence-corrected chi connectivity index (χ4v) is 4.89. The summed E-state index contributed by atoms with van der Waals surface area (Å²) >= 11 is 0. The van der Waals surface area contributed by atoms with Gasteiger partial charge in [-0.2, -0.15) is 9.49 Å². The Morgan fingerprint density at radius 1 is 1.18 bits per heavy atom. The lowest BCUT2D eigenvalue weighted by atomic mass is 10.1. The number of hydrogen-bond acceptors (Lipinski definition) is 4. The van der Waals surface area contributed by atoms with Crippen molar-refractivity contribution in [2.75, 3.05) is 18.0 Å². The summed E-state index contributed by atoms with van der Waals surface area (Å²) in [6, 6.07) is 4.54. The van der Waals surface area contributed by atoms with Gasteiger partial charge in [0.05, 0.1) is 17.5 Å². The van der Waals surface area contributed by atoms with Crippen LogP contribution in [0.15, 0.2) is 24.5 Å². The second-order valence-electron chi connectivity index (χ2n) is 8.18. The minimum Gasteiger partial charge on any atom is -0.367 e. The molecule has 0 spiro atoms. The average Bonchev–Trinajstić information content (AvgIpc) is 3.23. The molecule has 7 nitrogen and oxygen atoms in total. The SMILES string of the molecule is O=C(C1CC1)N1C2CCC1CN(c1ccnc3[nH]c(-c4cn[nH]c4F)cc13)C2. The standard InChI is InChI=1S/C20H21FN6O/c21-18-15(8-23-25-18)16-7-14-17(5-6-22-19(14)24-16)26-9-12-3-4-13(10-26)27(12)20(28)11-1-2-11/h5-8,11-13H,1-4,9-10H2,(H,22,24)(H,23,25). The number of H-pyrrole nitrogens is 2. The molecular weight excluding hydrogens is 359 g/mol. The number of hydrogen-bond donors (Lipinski definition) is 2. The number of piperazine rings is 1. The topological polar surface area (TPSA) is 80.9 Å². The van der Waals surface area contributed by atoms with Crippen molar-refractivity contribution in [1.29, 1.82) is 0 Å². The normalized spacial score (nSPS) is 24.3. The Morgan fingerprint density at radius 2 is 1.96 bits per heavy atom. The van der Waals surface area contributed by atoms with Crippen LogP contribution in [0.5, 0.6) is 0 Å². The van der Waals surface area contributed by atoms with Gasteiger partial charge in [-0.25, -0.2) is 4.98 Å². The third-order valence-electron chi connectivity index (χ3n) is 6.40. The van der Waals surface area contributed by atoms with E-state index < -0.39 is 5.95 Å². The number of rotatable bonds is 3. The molecule has 0 aromatic carbocycles. The zero-order valence-corrected chi connectivity index (χ0v) is 15.4. The smallest absolute Gasteiger partial charge is 0.226 e. The number of fused-ring (bicyclic) bond motifs is 3. The maximum Gasteiger partial charge on any atom is 0.226 e. The largest absolute Gasteiger partial charge is 0.367 e. The van der Waals surface area contributed by atoms with E-state index in [4.69, 9.17) is 0 Å². The van der Waals surface area contributed by atoms with Crippen LogP contribution < -0.4 is 4.90 Å². The van der Waals surface area contributed by atoms with Gasteiger partial charge in [0.25, 0.3) is 0 Å². The molecule has 1 saturated carbocycles. The molecule has 3 aromatic rings. The molecule has 2 atom stereocenters. The van der Waals surface area contributed by atoms with E-state index in [-0.39, 0.29) is 5.92 Å². The van der Waals surface area contributed by atoms with Gasteiger partial charge in [-0.3, -0.25) is 9.89 Å². The van der Waals surface area contributed by atoms with Gasteiger partial charge in [0.15, 0.2) is 0 Å². The van der Waals surface area contributed by atoms with Gasteiger partial charge in [0, 0.05) is 48.4 Å². The fourth-order valence-electron chi connectivity index (χ4n) is 4.89.